The first kappa shape index (κ1) is 9.14. The van der Waals surface area contributed by atoms with Gasteiger partial charge in [0.05, 0.1) is 14.4 Å². The molecule has 29 heavy (non-hydrogen) atoms. The van der Waals surface area contributed by atoms with Crippen LogP contribution in [0.25, 0.3) is 0 Å². The highest BCUT2D eigenvalue weighted by Gasteiger charge is 2.39. The first-order chi connectivity index (χ1) is 20.4. The summed E-state index contributed by atoms with van der Waals surface area (Å²) in [5, 5.41) is -0.209. The lowest BCUT2D eigenvalue weighted by Gasteiger charge is -2.19. The van der Waals surface area contributed by atoms with Crippen LogP contribution in [-0.2, 0) is 0 Å². The Morgan fingerprint density at radius 3 is 1.90 bits per heavy atom. The molecule has 0 amide bonds. The molecule has 2 aliphatic rings. The van der Waals surface area contributed by atoms with E-state index in [1.54, 1.807) is 0 Å². The van der Waals surface area contributed by atoms with Crippen LogP contribution in [0.15, 0.2) is 48.5 Å². The predicted molar refractivity (Wildman–Crippen MR) is 124 cm³/mol. The van der Waals surface area contributed by atoms with Crippen molar-refractivity contribution in [1.29, 1.82) is 0 Å². The van der Waals surface area contributed by atoms with Crippen LogP contribution in [0.4, 0.5) is 0 Å². The standard InChI is InChI=1S/C12H12BrClO.C12H13ClO/c13-12(7-3-4-8-12)11(15)9-5-1-2-6-10(9)14;13-11-8-4-3-7-10(11)12(14)9-5-1-2-6-9/h1-2,5-6H,3-4,7-8H2;3-4,7-9H,1-2,5-6H2/i3D2,4D2,7D2,8D2;1D2,2D2,5D2,6D2,9D. The van der Waals surface area contributed by atoms with E-state index in [4.69, 9.17) is 46.5 Å². The van der Waals surface area contributed by atoms with Crippen LogP contribution in [0.1, 0.15) is 95.0 Å². The van der Waals surface area contributed by atoms with E-state index in [0.717, 1.165) is 6.07 Å². The zero-order valence-electron chi connectivity index (χ0n) is 31.6. The van der Waals surface area contributed by atoms with Gasteiger partial charge in [0.15, 0.2) is 11.6 Å². The first-order valence-corrected chi connectivity index (χ1v) is 9.68. The average molecular weight is 513 g/mol. The van der Waals surface area contributed by atoms with Crippen molar-refractivity contribution in [3.8, 4) is 0 Å². The molecule has 2 fully saturated rings. The van der Waals surface area contributed by atoms with Gasteiger partial charge in [0, 0.05) is 40.3 Å². The van der Waals surface area contributed by atoms with Crippen LogP contribution in [0.5, 0.6) is 0 Å². The number of halogens is 3. The molecule has 5 heteroatoms. The number of hydrogen-bond donors (Lipinski definition) is 0. The second kappa shape index (κ2) is 10.2. The smallest absolute Gasteiger partial charge is 0.181 e. The van der Waals surface area contributed by atoms with Gasteiger partial charge < -0.3 is 0 Å². The summed E-state index contributed by atoms with van der Waals surface area (Å²) in [5.41, 5.74) is -0.572. The maximum absolute atomic E-state index is 12.9. The molecule has 0 aromatic heterocycles. The van der Waals surface area contributed by atoms with Crippen LogP contribution in [-0.4, -0.2) is 15.9 Å². The highest BCUT2D eigenvalue weighted by molar-refractivity contribution is 9.10. The van der Waals surface area contributed by atoms with E-state index < -0.39 is 72.8 Å². The number of benzene rings is 2. The van der Waals surface area contributed by atoms with Gasteiger partial charge in [0.25, 0.3) is 0 Å². The SMILES string of the molecule is [2H]C1([2H])C([2H])([2H])C([2H])([2H])C(Br)(C(=O)c2ccccc2Cl)C1([2H])[2H].[2H]C1([2H])C([2H])([2H])C([2H])([2H])C([2H])(C(=O)c2ccccc2Cl)C1([2H])[2H]. The number of rotatable bonds is 4. The Balaban J connectivity index is 0.000000250. The molecule has 0 bridgehead atoms. The highest BCUT2D eigenvalue weighted by Crippen LogP contribution is 2.41. The molecule has 2 aliphatic carbocycles. The van der Waals surface area contributed by atoms with Gasteiger partial charge in [-0.15, -0.1) is 0 Å². The molecule has 0 heterocycles. The largest absolute Gasteiger partial charge is 0.294 e. The van der Waals surface area contributed by atoms with Crippen LogP contribution in [0, 0.1) is 5.89 Å². The molecule has 4 rings (SSSR count). The third-order valence-corrected chi connectivity index (χ3v) is 5.16. The summed E-state index contributed by atoms with van der Waals surface area (Å²) in [4.78, 5) is 25.6. The van der Waals surface area contributed by atoms with Crippen LogP contribution in [0.3, 0.4) is 0 Å². The third kappa shape index (κ3) is 5.51. The second-order valence-corrected chi connectivity index (χ2v) is 7.66. The van der Waals surface area contributed by atoms with Crippen molar-refractivity contribution in [2.24, 2.45) is 5.89 Å². The van der Waals surface area contributed by atoms with Gasteiger partial charge in [0.2, 0.25) is 0 Å². The van der Waals surface area contributed by atoms with Gasteiger partial charge in [-0.2, -0.15) is 0 Å². The van der Waals surface area contributed by atoms with E-state index in [2.05, 4.69) is 15.9 Å². The molecule has 0 saturated heterocycles. The Hall–Kier alpha value is -1.16. The molecule has 154 valence electrons. The third-order valence-electron chi connectivity index (χ3n) is 3.75. The lowest BCUT2D eigenvalue weighted by molar-refractivity contribution is 0.0921. The maximum Gasteiger partial charge on any atom is 0.181 e. The van der Waals surface area contributed by atoms with E-state index in [0.29, 0.717) is 0 Å². The fourth-order valence-corrected chi connectivity index (χ4v) is 3.18. The van der Waals surface area contributed by atoms with Gasteiger partial charge in [0.1, 0.15) is 0 Å². The summed E-state index contributed by atoms with van der Waals surface area (Å²) in [6, 6.07) is 10.9. The Kier molecular flexibility index (Phi) is 3.23. The van der Waals surface area contributed by atoms with E-state index in [1.165, 1.54) is 42.5 Å². The Labute approximate surface area is 215 Å². The molecule has 0 aliphatic heterocycles. The van der Waals surface area contributed by atoms with Crippen molar-refractivity contribution < 1.29 is 32.9 Å². The van der Waals surface area contributed by atoms with E-state index in [9.17, 15) is 9.59 Å². The normalized spacial score (nSPS) is 41.8. The monoisotopic (exact) mass is 511 g/mol. The number of Topliss-reactive ketones (excluding diaryl/α,β-unsaturated/α-hetero) is 2. The Bertz CT molecular complexity index is 1410. The quantitative estimate of drug-likeness (QED) is 0.307. The topological polar surface area (TPSA) is 34.1 Å². The van der Waals surface area contributed by atoms with Crippen molar-refractivity contribution in [3.63, 3.8) is 0 Å². The zero-order valence-corrected chi connectivity index (χ0v) is 17.7. The molecular formula is C24H25BrCl2O2. The molecule has 2 aromatic carbocycles. The number of carbonyl (C=O) groups is 2. The summed E-state index contributed by atoms with van der Waals surface area (Å²) in [6.07, 6.45) is -26.5. The van der Waals surface area contributed by atoms with E-state index in [-0.39, 0.29) is 21.2 Å². The maximum atomic E-state index is 12.9. The summed E-state index contributed by atoms with van der Waals surface area (Å²) < 4.78 is 131. The molecule has 0 spiro atoms. The first-order valence-electron chi connectivity index (χ1n) is 16.6. The van der Waals surface area contributed by atoms with Gasteiger partial charge in [-0.25, -0.2) is 0 Å². The lowest BCUT2D eigenvalue weighted by Crippen LogP contribution is -2.28. The van der Waals surface area contributed by atoms with Crippen LogP contribution < -0.4 is 0 Å². The molecule has 0 unspecified atom stereocenters. The number of alkyl halides is 1. The fourth-order valence-electron chi connectivity index (χ4n) is 2.32. The predicted octanol–water partition coefficient (Wildman–Crippen LogP) is 7.94. The van der Waals surface area contributed by atoms with E-state index >= 15 is 0 Å². The summed E-state index contributed by atoms with van der Waals surface area (Å²) in [6.45, 7) is 0. The second-order valence-electron chi connectivity index (χ2n) is 5.65. The van der Waals surface area contributed by atoms with Gasteiger partial charge in [-0.3, -0.25) is 9.59 Å². The van der Waals surface area contributed by atoms with E-state index in [1.807, 2.05) is 0 Å². The van der Waals surface area contributed by atoms with Crippen molar-refractivity contribution >= 4 is 50.7 Å². The molecule has 2 nitrogen and oxygen atoms in total. The molecule has 2 aromatic rings. The molecule has 0 radical (unpaired) electrons. The number of ketones is 2. The molecule has 0 atom stereocenters. The number of carbonyl (C=O) groups excluding carboxylic acids is 2. The zero-order chi connectivity index (χ0) is 36.1. The van der Waals surface area contributed by atoms with Crippen LogP contribution >= 0.6 is 39.1 Å². The minimum Gasteiger partial charge on any atom is -0.294 e. The minimum atomic E-state index is -3.43. The van der Waals surface area contributed by atoms with Crippen molar-refractivity contribution in [3.05, 3.63) is 69.7 Å². The molecule has 0 N–H and O–H groups in total. The minimum absolute atomic E-state index is 0.0593. The number of hydrogen-bond acceptors (Lipinski definition) is 2. The lowest BCUT2D eigenvalue weighted by atomic mass is 9.96. The van der Waals surface area contributed by atoms with Gasteiger partial charge >= 0.3 is 0 Å². The van der Waals surface area contributed by atoms with Crippen molar-refractivity contribution in [1.82, 2.24) is 0 Å². The van der Waals surface area contributed by atoms with Gasteiger partial charge in [-0.1, -0.05) is 88.9 Å². The van der Waals surface area contributed by atoms with Gasteiger partial charge in [-0.05, 0) is 49.8 Å². The highest BCUT2D eigenvalue weighted by atomic mass is 79.9. The van der Waals surface area contributed by atoms with Crippen LogP contribution in [0.2, 0.25) is 10.0 Å². The average Bonchev–Trinajstić information content (AvgIpc) is 3.03. The van der Waals surface area contributed by atoms with Crippen molar-refractivity contribution in [2.45, 2.75) is 55.3 Å². The Morgan fingerprint density at radius 1 is 0.897 bits per heavy atom. The van der Waals surface area contributed by atoms with Crippen molar-refractivity contribution in [2.75, 3.05) is 0 Å². The molecule has 2 saturated carbocycles. The fraction of sp³-hybridized carbons (Fsp3) is 0.417. The Morgan fingerprint density at radius 2 is 1.38 bits per heavy atom. The molecular weight excluding hydrogens is 471 g/mol. The summed E-state index contributed by atoms with van der Waals surface area (Å²) >= 11 is 14.5. The summed E-state index contributed by atoms with van der Waals surface area (Å²) in [7, 11) is 0. The summed E-state index contributed by atoms with van der Waals surface area (Å²) in [5.74, 6) is -5.90.